The largest absolute Gasteiger partial charge is 0.338 e. The van der Waals surface area contributed by atoms with Gasteiger partial charge in [0, 0.05) is 18.5 Å². The van der Waals surface area contributed by atoms with Gasteiger partial charge in [-0.15, -0.1) is 0 Å². The maximum Gasteiger partial charge on any atom is 0.297 e. The Kier molecular flexibility index (Phi) is 5.14. The van der Waals surface area contributed by atoms with E-state index in [0.717, 1.165) is 44.1 Å². The number of likely N-dealkylation sites (N-methyl/N-ethyl adjacent to an activating group) is 1. The third kappa shape index (κ3) is 3.20. The summed E-state index contributed by atoms with van der Waals surface area (Å²) in [6.07, 6.45) is 9.65. The van der Waals surface area contributed by atoms with Crippen LogP contribution < -0.4 is 0 Å². The molecule has 7 atom stereocenters. The minimum absolute atomic E-state index is 0.000173. The highest BCUT2D eigenvalue weighted by atomic mass is 32.2. The molecule has 3 saturated carbocycles. The summed E-state index contributed by atoms with van der Waals surface area (Å²) >= 11 is 0. The summed E-state index contributed by atoms with van der Waals surface area (Å²) < 4.78 is 32.0. The molecule has 32 heavy (non-hydrogen) atoms. The Morgan fingerprint density at radius 1 is 1.00 bits per heavy atom. The zero-order valence-electron chi connectivity index (χ0n) is 19.6. The minimum atomic E-state index is -3.78. The molecule has 5 nitrogen and oxygen atoms in total. The first-order valence-electron chi connectivity index (χ1n) is 12.0. The second-order valence-corrected chi connectivity index (χ2v) is 12.7. The van der Waals surface area contributed by atoms with Crippen LogP contribution in [0.25, 0.3) is 0 Å². The lowest BCUT2D eigenvalue weighted by Gasteiger charge is -2.60. The van der Waals surface area contributed by atoms with Crippen LogP contribution in [0.3, 0.4) is 0 Å². The predicted molar refractivity (Wildman–Crippen MR) is 123 cm³/mol. The van der Waals surface area contributed by atoms with Crippen molar-refractivity contribution in [2.24, 2.45) is 28.6 Å². The third-order valence-electron chi connectivity index (χ3n) is 9.59. The Labute approximate surface area is 192 Å². The minimum Gasteiger partial charge on any atom is -0.338 e. The zero-order valence-corrected chi connectivity index (χ0v) is 20.4. The van der Waals surface area contributed by atoms with Gasteiger partial charge in [-0.1, -0.05) is 37.6 Å². The molecule has 5 rings (SSSR count). The quantitative estimate of drug-likeness (QED) is 0.617. The Morgan fingerprint density at radius 3 is 2.44 bits per heavy atom. The van der Waals surface area contributed by atoms with Crippen molar-refractivity contribution >= 4 is 16.0 Å². The Morgan fingerprint density at radius 2 is 1.72 bits per heavy atom. The van der Waals surface area contributed by atoms with E-state index in [4.69, 9.17) is 4.18 Å². The van der Waals surface area contributed by atoms with E-state index in [-0.39, 0.29) is 33.8 Å². The van der Waals surface area contributed by atoms with Crippen molar-refractivity contribution in [3.05, 3.63) is 42.0 Å². The first kappa shape index (κ1) is 22.1. The summed E-state index contributed by atoms with van der Waals surface area (Å²) in [6.45, 7) is 6.54. The van der Waals surface area contributed by atoms with E-state index in [2.05, 4.69) is 19.9 Å². The molecular weight excluding hydrogens is 422 g/mol. The van der Waals surface area contributed by atoms with Crippen molar-refractivity contribution in [2.75, 3.05) is 7.05 Å². The molecule has 0 bridgehead atoms. The third-order valence-corrected chi connectivity index (χ3v) is 10.9. The van der Waals surface area contributed by atoms with E-state index >= 15 is 0 Å². The molecule has 0 aromatic heterocycles. The van der Waals surface area contributed by atoms with Gasteiger partial charge in [0.2, 0.25) is 5.91 Å². The Hall–Kier alpha value is -1.66. The van der Waals surface area contributed by atoms with Crippen LogP contribution >= 0.6 is 0 Å². The summed E-state index contributed by atoms with van der Waals surface area (Å²) in [6, 6.07) is 7.19. The number of nitrogens with zero attached hydrogens (tertiary/aromatic N) is 1. The molecule has 0 radical (unpaired) electrons. The maximum atomic E-state index is 13.0. The van der Waals surface area contributed by atoms with Crippen LogP contribution in [0.2, 0.25) is 0 Å². The number of hydrogen-bond acceptors (Lipinski definition) is 4. The molecule has 3 aliphatic carbocycles. The van der Waals surface area contributed by atoms with Crippen LogP contribution in [-0.2, 0) is 19.1 Å². The number of carbonyl (C=O) groups is 1. The van der Waals surface area contributed by atoms with Crippen molar-refractivity contribution in [1.82, 2.24) is 4.90 Å². The van der Waals surface area contributed by atoms with E-state index in [1.807, 2.05) is 31.0 Å². The highest BCUT2D eigenvalue weighted by Gasteiger charge is 2.61. The van der Waals surface area contributed by atoms with Crippen molar-refractivity contribution in [3.8, 4) is 0 Å². The second kappa shape index (κ2) is 7.42. The van der Waals surface area contributed by atoms with Crippen LogP contribution in [0.15, 0.2) is 41.3 Å². The number of fused-ring (bicyclic) bond motifs is 5. The van der Waals surface area contributed by atoms with Gasteiger partial charge in [0.1, 0.15) is 0 Å². The first-order valence-corrected chi connectivity index (χ1v) is 13.4. The van der Waals surface area contributed by atoms with Crippen molar-refractivity contribution in [3.63, 3.8) is 0 Å². The van der Waals surface area contributed by atoms with Gasteiger partial charge < -0.3 is 4.90 Å². The summed E-state index contributed by atoms with van der Waals surface area (Å²) in [4.78, 5) is 14.5. The van der Waals surface area contributed by atoms with Crippen molar-refractivity contribution in [1.29, 1.82) is 0 Å². The summed E-state index contributed by atoms with van der Waals surface area (Å²) in [5.41, 5.74) is 0.908. The SMILES string of the molecule is Cc1ccc(S(=O)(=O)OC2CC[C@H]3C4CC[C@H]5N(C)C(=O)C=C[C@]5(C)C4CC[C@]23C)cc1. The second-order valence-electron chi connectivity index (χ2n) is 11.1. The number of benzene rings is 1. The van der Waals surface area contributed by atoms with Gasteiger partial charge in [-0.25, -0.2) is 0 Å². The molecule has 4 aliphatic rings. The fourth-order valence-corrected chi connectivity index (χ4v) is 8.96. The van der Waals surface area contributed by atoms with Crippen LogP contribution in [-0.4, -0.2) is 38.4 Å². The summed E-state index contributed by atoms with van der Waals surface area (Å²) in [5.74, 6) is 1.66. The molecule has 1 aliphatic heterocycles. The molecule has 174 valence electrons. The topological polar surface area (TPSA) is 63.7 Å². The predicted octanol–water partition coefficient (Wildman–Crippen LogP) is 4.71. The average molecular weight is 458 g/mol. The summed E-state index contributed by atoms with van der Waals surface area (Å²) in [7, 11) is -1.84. The van der Waals surface area contributed by atoms with E-state index in [0.29, 0.717) is 17.8 Å². The van der Waals surface area contributed by atoms with Gasteiger partial charge in [-0.05, 0) is 86.8 Å². The number of rotatable bonds is 3. The molecule has 1 amide bonds. The highest BCUT2D eigenvalue weighted by molar-refractivity contribution is 7.86. The molecule has 6 heteroatoms. The maximum absolute atomic E-state index is 13.0. The van der Waals surface area contributed by atoms with E-state index < -0.39 is 10.1 Å². The van der Waals surface area contributed by atoms with E-state index in [9.17, 15) is 13.2 Å². The number of aryl methyl sites for hydroxylation is 1. The van der Waals surface area contributed by atoms with Crippen molar-refractivity contribution < 1.29 is 17.4 Å². The van der Waals surface area contributed by atoms with Gasteiger partial charge in [0.25, 0.3) is 10.1 Å². The molecule has 0 N–H and O–H groups in total. The normalized spacial score (nSPS) is 41.2. The standard InChI is InChI=1S/C26H35NO4S/c1-17-5-7-18(8-6-17)32(29,30)31-23-12-10-20-19-9-11-22-25(2,16-14-24(28)27(22)4)21(19)13-15-26(20,23)3/h5-8,14,16,19-23H,9-13,15H2,1-4H3/t19?,20-,21?,22+,23?,25+,26-/m0/s1. The molecule has 3 unspecified atom stereocenters. The number of hydrogen-bond donors (Lipinski definition) is 0. The van der Waals surface area contributed by atoms with Crippen LogP contribution in [0.4, 0.5) is 0 Å². The van der Waals surface area contributed by atoms with Gasteiger partial charge in [0.05, 0.1) is 11.0 Å². The molecule has 1 heterocycles. The first-order chi connectivity index (χ1) is 15.1. The van der Waals surface area contributed by atoms with Crippen LogP contribution in [0.1, 0.15) is 57.9 Å². The van der Waals surface area contributed by atoms with Gasteiger partial charge >= 0.3 is 0 Å². The molecule has 3 fully saturated rings. The zero-order chi connectivity index (χ0) is 22.9. The lowest BCUT2D eigenvalue weighted by molar-refractivity contribution is -0.139. The van der Waals surface area contributed by atoms with Crippen molar-refractivity contribution in [2.45, 2.75) is 76.3 Å². The average Bonchev–Trinajstić information content (AvgIpc) is 3.07. The lowest BCUT2D eigenvalue weighted by atomic mass is 9.48. The van der Waals surface area contributed by atoms with Crippen LogP contribution in [0, 0.1) is 35.5 Å². The fraction of sp³-hybridized carbons (Fsp3) is 0.654. The van der Waals surface area contributed by atoms with Crippen LogP contribution in [0.5, 0.6) is 0 Å². The van der Waals surface area contributed by atoms with E-state index in [1.165, 1.54) is 0 Å². The molecular formula is C26H35NO4S. The molecule has 0 saturated heterocycles. The molecule has 0 spiro atoms. The van der Waals surface area contributed by atoms with Gasteiger partial charge in [-0.3, -0.25) is 8.98 Å². The van der Waals surface area contributed by atoms with Gasteiger partial charge in [-0.2, -0.15) is 8.42 Å². The number of amides is 1. The Bertz CT molecular complexity index is 1050. The highest BCUT2D eigenvalue weighted by Crippen LogP contribution is 2.64. The van der Waals surface area contributed by atoms with E-state index in [1.54, 1.807) is 18.2 Å². The monoisotopic (exact) mass is 457 g/mol. The van der Waals surface area contributed by atoms with Gasteiger partial charge in [0.15, 0.2) is 0 Å². The molecule has 1 aromatic carbocycles. The number of carbonyl (C=O) groups excluding carboxylic acids is 1. The Balaban J connectivity index is 1.39. The molecule has 1 aromatic rings. The smallest absolute Gasteiger partial charge is 0.297 e. The lowest BCUT2D eigenvalue weighted by Crippen LogP contribution is -2.59. The fourth-order valence-electron chi connectivity index (χ4n) is 7.76. The summed E-state index contributed by atoms with van der Waals surface area (Å²) in [5, 5.41) is 0.